The quantitative estimate of drug-likeness (QED) is 0.693. The van der Waals surface area contributed by atoms with Crippen molar-refractivity contribution in [3.63, 3.8) is 0 Å². The van der Waals surface area contributed by atoms with Crippen molar-refractivity contribution in [2.75, 3.05) is 0 Å². The van der Waals surface area contributed by atoms with Gasteiger partial charge in [-0.2, -0.15) is 0 Å². The van der Waals surface area contributed by atoms with E-state index in [1.54, 1.807) is 0 Å². The SMILES string of the molecule is CC(=O)N[Se]c1ccccc1. The Bertz CT molecular complexity index is 235. The van der Waals surface area contributed by atoms with Crippen molar-refractivity contribution in [3.8, 4) is 0 Å². The van der Waals surface area contributed by atoms with Crippen LogP contribution in [0.25, 0.3) is 0 Å². The van der Waals surface area contributed by atoms with E-state index in [1.165, 1.54) is 11.4 Å². The molecule has 0 unspecified atom stereocenters. The predicted molar refractivity (Wildman–Crippen MR) is 45.6 cm³/mol. The van der Waals surface area contributed by atoms with Crippen LogP contribution in [0.5, 0.6) is 0 Å². The predicted octanol–water partition coefficient (Wildman–Crippen LogP) is 0.0672. The molecule has 3 heteroatoms. The van der Waals surface area contributed by atoms with Gasteiger partial charge in [0.15, 0.2) is 0 Å². The summed E-state index contributed by atoms with van der Waals surface area (Å²) in [6.07, 6.45) is 0. The molecule has 58 valence electrons. The Hall–Kier alpha value is -0.791. The second-order valence-electron chi connectivity index (χ2n) is 2.07. The van der Waals surface area contributed by atoms with E-state index in [-0.39, 0.29) is 21.1 Å². The molecule has 0 aliphatic heterocycles. The second-order valence-corrected chi connectivity index (χ2v) is 3.92. The van der Waals surface area contributed by atoms with Crippen LogP contribution >= 0.6 is 0 Å². The van der Waals surface area contributed by atoms with Gasteiger partial charge in [0.25, 0.3) is 0 Å². The number of hydrogen-bond donors (Lipinski definition) is 1. The molecular weight excluding hydrogens is 205 g/mol. The average molecular weight is 214 g/mol. The van der Waals surface area contributed by atoms with E-state index in [2.05, 4.69) is 4.33 Å². The van der Waals surface area contributed by atoms with Crippen molar-refractivity contribution < 1.29 is 4.79 Å². The van der Waals surface area contributed by atoms with Crippen LogP contribution in [0.1, 0.15) is 6.92 Å². The molecule has 1 aromatic rings. The van der Waals surface area contributed by atoms with Gasteiger partial charge >= 0.3 is 71.9 Å². The van der Waals surface area contributed by atoms with Gasteiger partial charge < -0.3 is 0 Å². The molecule has 1 N–H and O–H groups in total. The first-order valence-electron chi connectivity index (χ1n) is 3.27. The zero-order valence-electron chi connectivity index (χ0n) is 6.20. The van der Waals surface area contributed by atoms with E-state index in [0.29, 0.717) is 0 Å². The number of carbonyl (C=O) groups excluding carboxylic acids is 1. The molecular formula is C8H9NOSe. The maximum absolute atomic E-state index is 10.5. The van der Waals surface area contributed by atoms with E-state index in [4.69, 9.17) is 0 Å². The summed E-state index contributed by atoms with van der Waals surface area (Å²) in [6, 6.07) is 9.93. The van der Waals surface area contributed by atoms with Crippen LogP contribution < -0.4 is 8.79 Å². The molecule has 0 saturated heterocycles. The fourth-order valence-electron chi connectivity index (χ4n) is 0.619. The Labute approximate surface area is 72.4 Å². The summed E-state index contributed by atoms with van der Waals surface area (Å²) >= 11 is 0.0904. The standard InChI is InChI=1S/C8H9NOSe/c1-7(10)9-11-8-5-3-2-4-6-8/h2-6H,1H3,(H,9,10). The van der Waals surface area contributed by atoms with Crippen molar-refractivity contribution in [1.29, 1.82) is 0 Å². The molecule has 0 saturated carbocycles. The average Bonchev–Trinajstić information content (AvgIpc) is 2.03. The van der Waals surface area contributed by atoms with Crippen molar-refractivity contribution in [2.24, 2.45) is 0 Å². The van der Waals surface area contributed by atoms with Crippen LogP contribution in [0, 0.1) is 0 Å². The Kier molecular flexibility index (Phi) is 3.14. The molecule has 1 rings (SSSR count). The molecule has 0 heterocycles. The third kappa shape index (κ3) is 3.21. The van der Waals surface area contributed by atoms with Gasteiger partial charge in [-0.1, -0.05) is 0 Å². The molecule has 0 radical (unpaired) electrons. The Balaban J connectivity index is 2.45. The van der Waals surface area contributed by atoms with Gasteiger partial charge in [-0.25, -0.2) is 0 Å². The zero-order chi connectivity index (χ0) is 8.10. The van der Waals surface area contributed by atoms with Crippen molar-refractivity contribution in [1.82, 2.24) is 4.33 Å². The second kappa shape index (κ2) is 4.16. The molecule has 0 spiro atoms. The number of rotatable bonds is 2. The third-order valence-corrected chi connectivity index (χ3v) is 2.94. The molecule has 1 aromatic carbocycles. The van der Waals surface area contributed by atoms with Crippen LogP contribution in [0.3, 0.4) is 0 Å². The number of carbonyl (C=O) groups is 1. The molecule has 0 aliphatic rings. The fraction of sp³-hybridized carbons (Fsp3) is 0.125. The van der Waals surface area contributed by atoms with Gasteiger partial charge in [-0.05, 0) is 0 Å². The van der Waals surface area contributed by atoms with Crippen LogP contribution in [0.15, 0.2) is 30.3 Å². The van der Waals surface area contributed by atoms with Gasteiger partial charge in [0.1, 0.15) is 0 Å². The Morgan fingerprint density at radius 3 is 2.55 bits per heavy atom. The number of benzene rings is 1. The van der Waals surface area contributed by atoms with Crippen LogP contribution in [0.2, 0.25) is 0 Å². The monoisotopic (exact) mass is 215 g/mol. The van der Waals surface area contributed by atoms with Gasteiger partial charge in [0, 0.05) is 0 Å². The summed E-state index contributed by atoms with van der Waals surface area (Å²) in [7, 11) is 0. The molecule has 1 amide bonds. The molecule has 11 heavy (non-hydrogen) atoms. The fourth-order valence-corrected chi connectivity index (χ4v) is 1.78. The van der Waals surface area contributed by atoms with E-state index >= 15 is 0 Å². The summed E-state index contributed by atoms with van der Waals surface area (Å²) in [5.41, 5.74) is 0. The summed E-state index contributed by atoms with van der Waals surface area (Å²) in [6.45, 7) is 1.53. The van der Waals surface area contributed by atoms with Gasteiger partial charge in [-0.15, -0.1) is 0 Å². The first-order chi connectivity index (χ1) is 5.29. The van der Waals surface area contributed by atoms with Crippen LogP contribution in [-0.2, 0) is 4.79 Å². The maximum atomic E-state index is 10.5. The number of hydrogen-bond acceptors (Lipinski definition) is 1. The molecule has 0 fully saturated rings. The van der Waals surface area contributed by atoms with Gasteiger partial charge in [0.2, 0.25) is 0 Å². The zero-order valence-corrected chi connectivity index (χ0v) is 7.92. The first-order valence-corrected chi connectivity index (χ1v) is 4.99. The van der Waals surface area contributed by atoms with Crippen molar-refractivity contribution in [2.45, 2.75) is 6.92 Å². The van der Waals surface area contributed by atoms with Crippen LogP contribution in [-0.4, -0.2) is 21.1 Å². The van der Waals surface area contributed by atoms with Crippen LogP contribution in [0.4, 0.5) is 0 Å². The minimum atomic E-state index is 0.0360. The normalized spacial score (nSPS) is 9.18. The van der Waals surface area contributed by atoms with E-state index in [1.807, 2.05) is 30.3 Å². The van der Waals surface area contributed by atoms with Crippen molar-refractivity contribution in [3.05, 3.63) is 30.3 Å². The molecule has 0 aromatic heterocycles. The van der Waals surface area contributed by atoms with E-state index in [9.17, 15) is 4.79 Å². The summed E-state index contributed by atoms with van der Waals surface area (Å²) in [5, 5.41) is 0. The van der Waals surface area contributed by atoms with Gasteiger partial charge in [-0.3, -0.25) is 0 Å². The number of amides is 1. The summed E-state index contributed by atoms with van der Waals surface area (Å²) in [5.74, 6) is 0.0360. The molecule has 0 aliphatic carbocycles. The third-order valence-electron chi connectivity index (χ3n) is 1.06. The molecule has 2 nitrogen and oxygen atoms in total. The molecule has 0 atom stereocenters. The number of nitrogens with one attached hydrogen (secondary N) is 1. The summed E-state index contributed by atoms with van der Waals surface area (Å²) < 4.78 is 3.98. The molecule has 0 bridgehead atoms. The Morgan fingerprint density at radius 2 is 2.00 bits per heavy atom. The Morgan fingerprint density at radius 1 is 1.36 bits per heavy atom. The van der Waals surface area contributed by atoms with E-state index < -0.39 is 0 Å². The van der Waals surface area contributed by atoms with E-state index in [0.717, 1.165) is 0 Å². The van der Waals surface area contributed by atoms with Crippen molar-refractivity contribution >= 4 is 25.5 Å². The minimum absolute atomic E-state index is 0.0360. The summed E-state index contributed by atoms with van der Waals surface area (Å²) in [4.78, 5) is 10.5. The topological polar surface area (TPSA) is 29.1 Å². The first kappa shape index (κ1) is 8.31. The van der Waals surface area contributed by atoms with Gasteiger partial charge in [0.05, 0.1) is 0 Å².